The molecule has 0 spiro atoms. The van der Waals surface area contributed by atoms with E-state index in [9.17, 15) is 9.59 Å². The smallest absolute Gasteiger partial charge is 0.272 e. The van der Waals surface area contributed by atoms with Crippen LogP contribution in [-0.2, 0) is 11.2 Å². The Balaban J connectivity index is 1.51. The molecule has 0 bridgehead atoms. The van der Waals surface area contributed by atoms with Crippen LogP contribution in [0.15, 0.2) is 54.7 Å². The molecule has 0 aliphatic carbocycles. The van der Waals surface area contributed by atoms with E-state index in [1.54, 1.807) is 31.3 Å². The third kappa shape index (κ3) is 4.24. The molecule has 2 atom stereocenters. The molecule has 6 heteroatoms. The summed E-state index contributed by atoms with van der Waals surface area (Å²) in [6.07, 6.45) is 3.67. The quantitative estimate of drug-likeness (QED) is 0.738. The van der Waals surface area contributed by atoms with E-state index in [1.165, 1.54) is 5.56 Å². The predicted molar refractivity (Wildman–Crippen MR) is 116 cm³/mol. The number of carbonyl (C=O) groups excluding carboxylic acids is 2. The molecule has 4 rings (SSSR count). The molecule has 158 valence electrons. The van der Waals surface area contributed by atoms with Gasteiger partial charge in [0, 0.05) is 51.9 Å². The molecule has 0 radical (unpaired) electrons. The molecular formula is C24H30N4O2. The van der Waals surface area contributed by atoms with E-state index in [0.717, 1.165) is 39.0 Å². The summed E-state index contributed by atoms with van der Waals surface area (Å²) in [7, 11) is 3.61. The highest BCUT2D eigenvalue weighted by Crippen LogP contribution is 2.46. The number of hydrogen-bond acceptors (Lipinski definition) is 4. The van der Waals surface area contributed by atoms with Crippen LogP contribution in [0.25, 0.3) is 0 Å². The second kappa shape index (κ2) is 8.56. The Kier molecular flexibility index (Phi) is 5.86. The highest BCUT2D eigenvalue weighted by Gasteiger charge is 2.53. The fourth-order valence-corrected chi connectivity index (χ4v) is 4.94. The summed E-state index contributed by atoms with van der Waals surface area (Å²) in [5.74, 6) is 0.526. The van der Waals surface area contributed by atoms with Crippen LogP contribution in [-0.4, -0.2) is 78.3 Å². The number of fused-ring (bicyclic) bond motifs is 1. The molecule has 3 heterocycles. The molecule has 0 unspecified atom stereocenters. The molecule has 0 saturated carbocycles. The molecule has 0 N–H and O–H groups in total. The Morgan fingerprint density at radius 3 is 2.53 bits per heavy atom. The van der Waals surface area contributed by atoms with Crippen molar-refractivity contribution in [1.29, 1.82) is 0 Å². The summed E-state index contributed by atoms with van der Waals surface area (Å²) >= 11 is 0. The second-order valence-corrected chi connectivity index (χ2v) is 8.90. The van der Waals surface area contributed by atoms with Crippen molar-refractivity contribution in [2.24, 2.45) is 11.3 Å². The van der Waals surface area contributed by atoms with E-state index in [1.807, 2.05) is 23.1 Å². The average Bonchev–Trinajstić information content (AvgIpc) is 3.27. The maximum Gasteiger partial charge on any atom is 0.272 e. The second-order valence-electron chi connectivity index (χ2n) is 8.90. The minimum absolute atomic E-state index is 0.0139. The van der Waals surface area contributed by atoms with E-state index in [2.05, 4.69) is 34.1 Å². The number of nitrogens with zero attached hydrogens (tertiary/aromatic N) is 4. The molecule has 1 aromatic heterocycles. The van der Waals surface area contributed by atoms with Crippen molar-refractivity contribution in [2.45, 2.75) is 12.8 Å². The predicted octanol–water partition coefficient (Wildman–Crippen LogP) is 2.18. The zero-order chi connectivity index (χ0) is 21.1. The zero-order valence-corrected chi connectivity index (χ0v) is 17.8. The van der Waals surface area contributed by atoms with Gasteiger partial charge in [0.25, 0.3) is 5.91 Å². The van der Waals surface area contributed by atoms with E-state index < -0.39 is 0 Å². The van der Waals surface area contributed by atoms with Crippen LogP contribution in [0.5, 0.6) is 0 Å². The van der Waals surface area contributed by atoms with Crippen LogP contribution in [0.2, 0.25) is 0 Å². The molecule has 2 aliphatic heterocycles. The van der Waals surface area contributed by atoms with Crippen molar-refractivity contribution in [3.05, 3.63) is 66.0 Å². The number of aryl methyl sites for hydroxylation is 1. The van der Waals surface area contributed by atoms with Gasteiger partial charge in [0.1, 0.15) is 5.69 Å². The molecule has 2 aliphatic rings. The van der Waals surface area contributed by atoms with Gasteiger partial charge in [-0.2, -0.15) is 0 Å². The maximum atomic E-state index is 13.0. The number of benzene rings is 1. The summed E-state index contributed by atoms with van der Waals surface area (Å²) in [5, 5.41) is 0. The number of aromatic nitrogens is 1. The number of carbonyl (C=O) groups is 2. The number of amides is 2. The first-order valence-electron chi connectivity index (χ1n) is 10.6. The van der Waals surface area contributed by atoms with Gasteiger partial charge in [-0.25, -0.2) is 0 Å². The first-order chi connectivity index (χ1) is 14.5. The number of rotatable bonds is 6. The van der Waals surface area contributed by atoms with Crippen LogP contribution in [0.3, 0.4) is 0 Å². The van der Waals surface area contributed by atoms with E-state index >= 15 is 0 Å². The largest absolute Gasteiger partial charge is 0.348 e. The monoisotopic (exact) mass is 406 g/mol. The fraction of sp³-hybridized carbons (Fsp3) is 0.458. The maximum absolute atomic E-state index is 13.0. The third-order valence-electron chi connectivity index (χ3n) is 6.61. The van der Waals surface area contributed by atoms with Crippen LogP contribution < -0.4 is 0 Å². The Hall–Kier alpha value is -2.73. The lowest BCUT2D eigenvalue weighted by molar-refractivity contribution is -0.129. The summed E-state index contributed by atoms with van der Waals surface area (Å²) in [4.78, 5) is 35.5. The fourth-order valence-electron chi connectivity index (χ4n) is 4.94. The normalized spacial score (nSPS) is 23.4. The Morgan fingerprint density at radius 1 is 1.07 bits per heavy atom. The Labute approximate surface area is 178 Å². The number of likely N-dealkylation sites (N-methyl/N-ethyl adjacent to an activating group) is 1. The molecule has 2 saturated heterocycles. The van der Waals surface area contributed by atoms with Gasteiger partial charge < -0.3 is 9.80 Å². The van der Waals surface area contributed by atoms with Gasteiger partial charge in [-0.05, 0) is 36.5 Å². The number of pyridine rings is 1. The summed E-state index contributed by atoms with van der Waals surface area (Å²) in [5.41, 5.74) is 1.85. The number of likely N-dealkylation sites (tertiary alicyclic amines) is 2. The van der Waals surface area contributed by atoms with Crippen molar-refractivity contribution in [3.63, 3.8) is 0 Å². The minimum atomic E-state index is 0.0139. The SMILES string of the molecule is CN(C)C(=O)CN1C[C@H]2CN(C(=O)c3ccccn3)C[C@@]2(CCc2ccccc2)C1. The topological polar surface area (TPSA) is 56.8 Å². The minimum Gasteiger partial charge on any atom is -0.348 e. The lowest BCUT2D eigenvalue weighted by Crippen LogP contribution is -2.40. The molecule has 1 aromatic carbocycles. The van der Waals surface area contributed by atoms with Gasteiger partial charge in [-0.15, -0.1) is 0 Å². The summed E-state index contributed by atoms with van der Waals surface area (Å²) in [6, 6.07) is 16.0. The summed E-state index contributed by atoms with van der Waals surface area (Å²) < 4.78 is 0. The third-order valence-corrected chi connectivity index (χ3v) is 6.61. The highest BCUT2D eigenvalue weighted by molar-refractivity contribution is 5.92. The van der Waals surface area contributed by atoms with Crippen LogP contribution in [0, 0.1) is 11.3 Å². The van der Waals surface area contributed by atoms with Gasteiger partial charge >= 0.3 is 0 Å². The van der Waals surface area contributed by atoms with Crippen LogP contribution >= 0.6 is 0 Å². The van der Waals surface area contributed by atoms with E-state index in [4.69, 9.17) is 0 Å². The van der Waals surface area contributed by atoms with E-state index in [0.29, 0.717) is 18.2 Å². The standard InChI is InChI=1S/C24H30N4O2/c1-26(2)22(29)16-27-14-20-15-28(23(30)21-10-6-7-13-25-21)18-24(20,17-27)12-11-19-8-4-3-5-9-19/h3-10,13,20H,11-12,14-18H2,1-2H3/t20-,24+/m0/s1. The first kappa shape index (κ1) is 20.5. The molecular weight excluding hydrogens is 376 g/mol. The highest BCUT2D eigenvalue weighted by atomic mass is 16.2. The van der Waals surface area contributed by atoms with Gasteiger partial charge in [0.15, 0.2) is 0 Å². The molecule has 2 fully saturated rings. The van der Waals surface area contributed by atoms with Crippen molar-refractivity contribution >= 4 is 11.8 Å². The molecule has 30 heavy (non-hydrogen) atoms. The van der Waals surface area contributed by atoms with Gasteiger partial charge in [-0.3, -0.25) is 19.5 Å². The molecule has 2 aromatic rings. The van der Waals surface area contributed by atoms with Crippen molar-refractivity contribution in [1.82, 2.24) is 19.7 Å². The van der Waals surface area contributed by atoms with Crippen LogP contribution in [0.4, 0.5) is 0 Å². The van der Waals surface area contributed by atoms with Gasteiger partial charge in [-0.1, -0.05) is 36.4 Å². The van der Waals surface area contributed by atoms with Gasteiger partial charge in [0.05, 0.1) is 6.54 Å². The lowest BCUT2D eigenvalue weighted by atomic mass is 9.76. The molecule has 6 nitrogen and oxygen atoms in total. The van der Waals surface area contributed by atoms with Crippen molar-refractivity contribution < 1.29 is 9.59 Å². The molecule has 2 amide bonds. The Bertz CT molecular complexity index is 887. The number of hydrogen-bond donors (Lipinski definition) is 0. The van der Waals surface area contributed by atoms with Crippen molar-refractivity contribution in [2.75, 3.05) is 46.8 Å². The van der Waals surface area contributed by atoms with Gasteiger partial charge in [0.2, 0.25) is 5.91 Å². The zero-order valence-electron chi connectivity index (χ0n) is 17.8. The average molecular weight is 407 g/mol. The first-order valence-corrected chi connectivity index (χ1v) is 10.6. The summed E-state index contributed by atoms with van der Waals surface area (Å²) in [6.45, 7) is 3.63. The van der Waals surface area contributed by atoms with Crippen LogP contribution in [0.1, 0.15) is 22.5 Å². The Morgan fingerprint density at radius 2 is 1.83 bits per heavy atom. The lowest BCUT2D eigenvalue weighted by Gasteiger charge is -2.30. The van der Waals surface area contributed by atoms with Crippen molar-refractivity contribution in [3.8, 4) is 0 Å². The van der Waals surface area contributed by atoms with E-state index in [-0.39, 0.29) is 17.2 Å².